The van der Waals surface area contributed by atoms with Crippen molar-refractivity contribution < 1.29 is 38.1 Å². The third kappa shape index (κ3) is 9.80. The monoisotopic (exact) mass is 862 g/mol. The average Bonchev–Trinajstić information content (AvgIpc) is 4.13. The van der Waals surface area contributed by atoms with E-state index in [1.165, 1.54) is 14.2 Å². The molecule has 4 atom stereocenters. The Balaban J connectivity index is 1.09. The van der Waals surface area contributed by atoms with Crippen LogP contribution in [0.5, 0.6) is 5.75 Å². The Hall–Kier alpha value is -6.42. The van der Waals surface area contributed by atoms with Crippen molar-refractivity contribution in [1.82, 2.24) is 40.4 Å². The standard InChI is InChI=1S/C47H58N8O8/c1-27(2)40(52-46(58)61-6)44(56)54-20-8-10-37(54)42-48-26-36(51-42)30-14-12-29(13-15-30)31-16-18-33(39(25-31)63-23-22-60-5)32-17-19-34-35(24-32)50-43(49-34)38-11-9-21-55(38)45(57)41(28(3)4)53-47(59)62-7/h12-19,24-28,37-38,40-41H,8-11,20-23H2,1-7H3,(H,48,51)(H,49,50)(H,52,58)(H,53,59)/t37-,38-,40-,41-/m0/s1. The van der Waals surface area contributed by atoms with E-state index in [1.54, 1.807) is 18.2 Å². The highest BCUT2D eigenvalue weighted by molar-refractivity contribution is 5.88. The maximum Gasteiger partial charge on any atom is 0.407 e. The van der Waals surface area contributed by atoms with E-state index in [0.717, 1.165) is 70.2 Å². The zero-order valence-corrected chi connectivity index (χ0v) is 37.0. The number of benzene rings is 3. The number of nitrogens with zero attached hydrogens (tertiary/aromatic N) is 4. The van der Waals surface area contributed by atoms with Gasteiger partial charge in [-0.1, -0.05) is 70.2 Å². The first kappa shape index (κ1) is 44.6. The molecule has 5 aromatic rings. The van der Waals surface area contributed by atoms with E-state index in [9.17, 15) is 19.2 Å². The topological polar surface area (TPSA) is 193 Å². The minimum absolute atomic E-state index is 0.119. The van der Waals surface area contributed by atoms with Crippen molar-refractivity contribution in [1.29, 1.82) is 0 Å². The first-order chi connectivity index (χ1) is 30.4. The zero-order valence-electron chi connectivity index (χ0n) is 37.0. The molecule has 0 bridgehead atoms. The number of aromatic amines is 2. The summed E-state index contributed by atoms with van der Waals surface area (Å²) in [5.41, 5.74) is 7.21. The van der Waals surface area contributed by atoms with Crippen LogP contribution in [0.2, 0.25) is 0 Å². The molecule has 16 heteroatoms. The Kier molecular flexibility index (Phi) is 14.0. The third-order valence-corrected chi connectivity index (χ3v) is 11.9. The molecule has 2 aromatic heterocycles. The maximum atomic E-state index is 13.7. The molecule has 63 heavy (non-hydrogen) atoms. The molecule has 0 aliphatic carbocycles. The van der Waals surface area contributed by atoms with Gasteiger partial charge in [0.25, 0.3) is 0 Å². The van der Waals surface area contributed by atoms with Crippen LogP contribution in [0.4, 0.5) is 9.59 Å². The number of alkyl carbamates (subject to hydrolysis) is 2. The van der Waals surface area contributed by atoms with Crippen molar-refractivity contribution in [3.63, 3.8) is 0 Å². The fourth-order valence-electron chi connectivity index (χ4n) is 8.53. The molecule has 2 aliphatic rings. The van der Waals surface area contributed by atoms with Gasteiger partial charge in [0.1, 0.15) is 36.1 Å². The number of ether oxygens (including phenoxy) is 4. The summed E-state index contributed by atoms with van der Waals surface area (Å²) in [5.74, 6) is 1.56. The zero-order chi connectivity index (χ0) is 44.8. The number of hydrogen-bond donors (Lipinski definition) is 4. The van der Waals surface area contributed by atoms with E-state index < -0.39 is 24.3 Å². The third-order valence-electron chi connectivity index (χ3n) is 11.9. The predicted octanol–water partition coefficient (Wildman–Crippen LogP) is 7.40. The summed E-state index contributed by atoms with van der Waals surface area (Å²) in [6, 6.07) is 18.5. The normalized spacial score (nSPS) is 17.3. The minimum atomic E-state index is -0.715. The van der Waals surface area contributed by atoms with Crippen LogP contribution in [-0.2, 0) is 23.8 Å². The highest BCUT2D eigenvalue weighted by Crippen LogP contribution is 2.38. The van der Waals surface area contributed by atoms with Crippen LogP contribution >= 0.6 is 0 Å². The molecule has 334 valence electrons. The molecule has 0 spiro atoms. The predicted molar refractivity (Wildman–Crippen MR) is 238 cm³/mol. The van der Waals surface area contributed by atoms with E-state index in [1.807, 2.05) is 62.9 Å². The Morgan fingerprint density at radius 1 is 0.698 bits per heavy atom. The van der Waals surface area contributed by atoms with Gasteiger partial charge >= 0.3 is 12.2 Å². The van der Waals surface area contributed by atoms with Gasteiger partial charge in [-0.3, -0.25) is 9.59 Å². The molecule has 2 aliphatic heterocycles. The Morgan fingerprint density at radius 2 is 1.27 bits per heavy atom. The number of imidazole rings is 2. The SMILES string of the molecule is COCCOc1cc(-c2ccc(-c3cnc([C@@H]4CCCN4C(=O)[C@@H](NC(=O)OC)C(C)C)[nH]3)cc2)ccc1-c1ccc2nc([C@@H]3CCCN3C(=O)[C@@H](NC(=O)OC)C(C)C)[nH]c2c1. The molecule has 0 saturated carbocycles. The summed E-state index contributed by atoms with van der Waals surface area (Å²) >= 11 is 0. The molecule has 4 heterocycles. The fourth-order valence-corrected chi connectivity index (χ4v) is 8.53. The van der Waals surface area contributed by atoms with Gasteiger partial charge < -0.3 is 49.3 Å². The number of methoxy groups -OCH3 is 3. The number of aromatic nitrogens is 4. The summed E-state index contributed by atoms with van der Waals surface area (Å²) < 4.78 is 21.2. The fraction of sp³-hybridized carbons (Fsp3) is 0.447. The number of nitrogens with one attached hydrogen (secondary N) is 4. The van der Waals surface area contributed by atoms with Gasteiger partial charge in [0.2, 0.25) is 11.8 Å². The van der Waals surface area contributed by atoms with Crippen LogP contribution < -0.4 is 15.4 Å². The number of hydrogen-bond acceptors (Lipinski definition) is 10. The molecule has 0 radical (unpaired) electrons. The Labute approximate surface area is 367 Å². The molecular formula is C47H58N8O8. The maximum absolute atomic E-state index is 13.7. The molecular weight excluding hydrogens is 805 g/mol. The van der Waals surface area contributed by atoms with Gasteiger partial charge in [-0.15, -0.1) is 0 Å². The first-order valence-corrected chi connectivity index (χ1v) is 21.6. The second kappa shape index (κ2) is 19.7. The summed E-state index contributed by atoms with van der Waals surface area (Å²) in [4.78, 5) is 71.6. The Morgan fingerprint density at radius 3 is 1.86 bits per heavy atom. The van der Waals surface area contributed by atoms with Crippen LogP contribution in [0, 0.1) is 11.8 Å². The summed E-state index contributed by atoms with van der Waals surface area (Å²) in [7, 11) is 4.22. The number of amides is 4. The highest BCUT2D eigenvalue weighted by atomic mass is 16.5. The van der Waals surface area contributed by atoms with E-state index in [4.69, 9.17) is 28.9 Å². The van der Waals surface area contributed by atoms with Gasteiger partial charge in [0.15, 0.2) is 0 Å². The molecule has 7 rings (SSSR count). The lowest BCUT2D eigenvalue weighted by Crippen LogP contribution is -2.51. The van der Waals surface area contributed by atoms with Crippen molar-refractivity contribution >= 4 is 35.0 Å². The number of carbonyl (C=O) groups excluding carboxylic acids is 4. The van der Waals surface area contributed by atoms with E-state index in [2.05, 4.69) is 50.9 Å². The van der Waals surface area contributed by atoms with Crippen LogP contribution in [0.25, 0.3) is 44.5 Å². The lowest BCUT2D eigenvalue weighted by molar-refractivity contribution is -0.136. The second-order valence-corrected chi connectivity index (χ2v) is 16.8. The average molecular weight is 863 g/mol. The van der Waals surface area contributed by atoms with Gasteiger partial charge in [-0.25, -0.2) is 19.6 Å². The van der Waals surface area contributed by atoms with Crippen molar-refractivity contribution in [2.45, 2.75) is 77.5 Å². The van der Waals surface area contributed by atoms with Crippen LogP contribution in [0.15, 0.2) is 66.9 Å². The van der Waals surface area contributed by atoms with Crippen LogP contribution in [0.3, 0.4) is 0 Å². The summed E-state index contributed by atoms with van der Waals surface area (Å²) in [6.45, 7) is 9.53. The molecule has 0 unspecified atom stereocenters. The summed E-state index contributed by atoms with van der Waals surface area (Å²) in [5, 5.41) is 5.41. The number of H-pyrrole nitrogens is 2. The van der Waals surface area contributed by atoms with Crippen molar-refractivity contribution in [3.8, 4) is 39.3 Å². The van der Waals surface area contributed by atoms with E-state index in [-0.39, 0.29) is 35.7 Å². The number of carbonyl (C=O) groups is 4. The number of likely N-dealkylation sites (tertiary alicyclic amines) is 2. The second-order valence-electron chi connectivity index (χ2n) is 16.8. The van der Waals surface area contributed by atoms with Gasteiger partial charge in [0.05, 0.1) is 55.8 Å². The largest absolute Gasteiger partial charge is 0.491 e. The molecule has 4 amide bonds. The van der Waals surface area contributed by atoms with Crippen LogP contribution in [0.1, 0.15) is 77.1 Å². The lowest BCUT2D eigenvalue weighted by Gasteiger charge is -2.30. The lowest BCUT2D eigenvalue weighted by atomic mass is 9.98. The molecule has 4 N–H and O–H groups in total. The van der Waals surface area contributed by atoms with Crippen LogP contribution in [-0.4, -0.2) is 113 Å². The van der Waals surface area contributed by atoms with Crippen molar-refractivity contribution in [2.24, 2.45) is 11.8 Å². The molecule has 16 nitrogen and oxygen atoms in total. The van der Waals surface area contributed by atoms with Gasteiger partial charge in [-0.05, 0) is 78.0 Å². The number of fused-ring (bicyclic) bond motifs is 1. The molecule has 2 saturated heterocycles. The van der Waals surface area contributed by atoms with Gasteiger partial charge in [0, 0.05) is 25.8 Å². The smallest absolute Gasteiger partial charge is 0.407 e. The quantitative estimate of drug-likeness (QED) is 0.0771. The highest BCUT2D eigenvalue weighted by Gasteiger charge is 2.39. The molecule has 2 fully saturated rings. The minimum Gasteiger partial charge on any atom is -0.491 e. The molecule has 3 aromatic carbocycles. The summed E-state index contributed by atoms with van der Waals surface area (Å²) in [6.07, 6.45) is 3.70. The number of rotatable bonds is 15. The Bertz CT molecular complexity index is 2410. The van der Waals surface area contributed by atoms with E-state index >= 15 is 0 Å². The van der Waals surface area contributed by atoms with Crippen molar-refractivity contribution in [2.75, 3.05) is 47.6 Å². The van der Waals surface area contributed by atoms with Gasteiger partial charge in [-0.2, -0.15) is 0 Å². The van der Waals surface area contributed by atoms with Crippen molar-refractivity contribution in [3.05, 3.63) is 78.5 Å². The first-order valence-electron chi connectivity index (χ1n) is 21.6. The van der Waals surface area contributed by atoms with E-state index in [0.29, 0.717) is 43.7 Å².